The van der Waals surface area contributed by atoms with E-state index in [1.165, 1.54) is 19.2 Å². The predicted octanol–water partition coefficient (Wildman–Crippen LogP) is 7.35. The van der Waals surface area contributed by atoms with Gasteiger partial charge in [0.25, 0.3) is 15.9 Å². The Morgan fingerprint density at radius 1 is 0.854 bits per heavy atom. The fourth-order valence-electron chi connectivity index (χ4n) is 5.77. The van der Waals surface area contributed by atoms with Crippen LogP contribution in [-0.4, -0.2) is 34.0 Å². The van der Waals surface area contributed by atoms with E-state index in [1.54, 1.807) is 47.4 Å². The van der Waals surface area contributed by atoms with Crippen LogP contribution in [0.3, 0.4) is 0 Å². The summed E-state index contributed by atoms with van der Waals surface area (Å²) in [4.78, 5) is 30.6. The molecular weight excluding hydrogens is 627 g/mol. The second-order valence-corrected chi connectivity index (χ2v) is 13.0. The van der Waals surface area contributed by atoms with E-state index in [2.05, 4.69) is 9.62 Å². The third kappa shape index (κ3) is 6.61. The van der Waals surface area contributed by atoms with E-state index < -0.39 is 22.2 Å². The maximum absolute atomic E-state index is 14.6. The van der Waals surface area contributed by atoms with Gasteiger partial charge in [-0.05, 0) is 91.7 Å². The number of hydrogen-bond donors (Lipinski definition) is 1. The number of carbonyl (C=O) groups is 2. The van der Waals surface area contributed by atoms with Crippen LogP contribution in [0.15, 0.2) is 126 Å². The van der Waals surface area contributed by atoms with Gasteiger partial charge >= 0.3 is 5.97 Å². The quantitative estimate of drug-likeness (QED) is 0.156. The first-order valence-electron chi connectivity index (χ1n) is 15.5. The molecule has 10 heteroatoms. The number of fused-ring (bicyclic) bond motifs is 1. The molecule has 1 amide bonds. The summed E-state index contributed by atoms with van der Waals surface area (Å²) in [6, 6.07) is 35.7. The van der Waals surface area contributed by atoms with Crippen LogP contribution < -0.4 is 19.3 Å². The molecule has 1 aliphatic heterocycles. The molecule has 0 spiro atoms. The van der Waals surface area contributed by atoms with Gasteiger partial charge in [-0.3, -0.25) is 14.4 Å². The molecular formula is C38H35N3O6S. The lowest BCUT2D eigenvalue weighted by atomic mass is 9.98. The fourth-order valence-corrected chi connectivity index (χ4v) is 6.85. The Morgan fingerprint density at radius 2 is 1.54 bits per heavy atom. The van der Waals surface area contributed by atoms with E-state index in [9.17, 15) is 18.0 Å². The highest BCUT2D eigenvalue weighted by molar-refractivity contribution is 7.92. The van der Waals surface area contributed by atoms with Crippen molar-refractivity contribution in [1.82, 2.24) is 0 Å². The number of ether oxygens (including phenoxy) is 2. The van der Waals surface area contributed by atoms with Crippen molar-refractivity contribution in [1.29, 1.82) is 0 Å². The Hall–Kier alpha value is -5.61. The van der Waals surface area contributed by atoms with Crippen molar-refractivity contribution in [2.24, 2.45) is 0 Å². The maximum atomic E-state index is 14.6. The van der Waals surface area contributed by atoms with Crippen molar-refractivity contribution in [3.63, 3.8) is 0 Å². The molecule has 0 unspecified atom stereocenters. The second kappa shape index (κ2) is 13.6. The average molecular weight is 662 g/mol. The zero-order valence-electron chi connectivity index (χ0n) is 26.8. The van der Waals surface area contributed by atoms with Gasteiger partial charge in [-0.1, -0.05) is 60.2 Å². The van der Waals surface area contributed by atoms with Crippen molar-refractivity contribution >= 4 is 39.0 Å². The van der Waals surface area contributed by atoms with Crippen LogP contribution in [0.1, 0.15) is 50.5 Å². The molecule has 5 aromatic carbocycles. The van der Waals surface area contributed by atoms with Crippen LogP contribution in [0.4, 0.5) is 17.1 Å². The average Bonchev–Trinajstić information content (AvgIpc) is 3.10. The first-order valence-corrected chi connectivity index (χ1v) is 17.0. The van der Waals surface area contributed by atoms with E-state index >= 15 is 0 Å². The number of nitrogens with zero attached hydrogens (tertiary/aromatic N) is 2. The minimum atomic E-state index is -4.06. The highest BCUT2D eigenvalue weighted by Crippen LogP contribution is 2.43. The number of anilines is 3. The van der Waals surface area contributed by atoms with Gasteiger partial charge in [0.1, 0.15) is 11.9 Å². The second-order valence-electron chi connectivity index (χ2n) is 11.4. The summed E-state index contributed by atoms with van der Waals surface area (Å²) in [7, 11) is -2.74. The Labute approximate surface area is 280 Å². The molecule has 6 rings (SSSR count). The number of carbonyl (C=O) groups excluding carboxylic acids is 2. The zero-order valence-corrected chi connectivity index (χ0v) is 27.6. The van der Waals surface area contributed by atoms with E-state index in [4.69, 9.17) is 9.47 Å². The summed E-state index contributed by atoms with van der Waals surface area (Å²) in [5.74, 6) is -0.196. The molecule has 1 atom stereocenters. The van der Waals surface area contributed by atoms with Gasteiger partial charge in [0, 0.05) is 17.9 Å². The molecule has 0 aliphatic carbocycles. The minimum absolute atomic E-state index is 0.0483. The zero-order chi connectivity index (χ0) is 33.8. The van der Waals surface area contributed by atoms with Gasteiger partial charge in [0.2, 0.25) is 0 Å². The third-order valence-corrected chi connectivity index (χ3v) is 9.51. The topological polar surface area (TPSA) is 105 Å². The van der Waals surface area contributed by atoms with E-state index in [-0.39, 0.29) is 16.4 Å². The van der Waals surface area contributed by atoms with E-state index in [0.29, 0.717) is 41.5 Å². The first kappa shape index (κ1) is 32.3. The Bertz CT molecular complexity index is 2030. The SMILES string of the molecule is CCOc1ccc(NS(=O)(=O)c2ccc3c(c2)C(=O)N(c2ccc(C)cc2)[C@@H](c2ccc(C(=O)OC)cc2)N3Cc2ccccc2)cc1. The standard InChI is InChI=1S/C38H35N3O6S/c1-4-47-32-20-16-30(17-21-32)39-48(44,45)33-22-23-35-34(24-33)37(42)41(31-18-10-26(2)11-19-31)36(40(35)25-27-8-6-5-7-9-27)28-12-14-29(15-13-28)38(43)46-3/h5-24,36,39H,4,25H2,1-3H3/t36-/m0/s1. The summed E-state index contributed by atoms with van der Waals surface area (Å²) in [6.07, 6.45) is -0.635. The maximum Gasteiger partial charge on any atom is 0.337 e. The predicted molar refractivity (Wildman–Crippen MR) is 186 cm³/mol. The van der Waals surface area contributed by atoms with Gasteiger partial charge in [-0.25, -0.2) is 13.2 Å². The van der Waals surface area contributed by atoms with E-state index in [1.807, 2.05) is 80.6 Å². The molecule has 0 fully saturated rings. The number of esters is 1. The number of sulfonamides is 1. The van der Waals surface area contributed by atoms with Crippen molar-refractivity contribution in [3.05, 3.63) is 149 Å². The lowest BCUT2D eigenvalue weighted by Gasteiger charge is -2.46. The lowest BCUT2D eigenvalue weighted by molar-refractivity contribution is 0.0600. The molecule has 1 aliphatic rings. The first-order chi connectivity index (χ1) is 23.2. The van der Waals surface area contributed by atoms with Gasteiger partial charge in [-0.2, -0.15) is 0 Å². The van der Waals surface area contributed by atoms with Crippen LogP contribution in [0, 0.1) is 6.92 Å². The smallest absolute Gasteiger partial charge is 0.337 e. The molecule has 1 N–H and O–H groups in total. The normalized spacial score (nSPS) is 14.3. The number of benzene rings is 5. The van der Waals surface area contributed by atoms with Gasteiger partial charge in [0.05, 0.1) is 35.4 Å². The van der Waals surface area contributed by atoms with Crippen LogP contribution in [-0.2, 0) is 21.3 Å². The Kier molecular flexibility index (Phi) is 9.18. The molecule has 0 bridgehead atoms. The minimum Gasteiger partial charge on any atom is -0.494 e. The van der Waals surface area contributed by atoms with Gasteiger partial charge in [0.15, 0.2) is 0 Å². The summed E-state index contributed by atoms with van der Waals surface area (Å²) < 4.78 is 40.3. The molecule has 0 aromatic heterocycles. The molecule has 9 nitrogen and oxygen atoms in total. The Morgan fingerprint density at radius 3 is 2.19 bits per heavy atom. The third-order valence-electron chi connectivity index (χ3n) is 8.13. The molecule has 1 heterocycles. The highest BCUT2D eigenvalue weighted by atomic mass is 32.2. The summed E-state index contributed by atoms with van der Waals surface area (Å²) in [5.41, 5.74) is 4.98. The molecule has 244 valence electrons. The van der Waals surface area contributed by atoms with Crippen LogP contribution in [0.25, 0.3) is 0 Å². The van der Waals surface area contributed by atoms with Crippen LogP contribution in [0.5, 0.6) is 5.75 Å². The summed E-state index contributed by atoms with van der Waals surface area (Å²) in [6.45, 7) is 4.74. The molecule has 5 aromatic rings. The number of hydrogen-bond acceptors (Lipinski definition) is 7. The van der Waals surface area contributed by atoms with Gasteiger partial charge < -0.3 is 14.4 Å². The summed E-state index contributed by atoms with van der Waals surface area (Å²) >= 11 is 0. The monoisotopic (exact) mass is 661 g/mol. The summed E-state index contributed by atoms with van der Waals surface area (Å²) in [5, 5.41) is 0. The number of methoxy groups -OCH3 is 1. The molecule has 48 heavy (non-hydrogen) atoms. The van der Waals surface area contributed by atoms with E-state index in [0.717, 1.165) is 16.7 Å². The van der Waals surface area contributed by atoms with Crippen LogP contribution >= 0.6 is 0 Å². The molecule has 0 saturated heterocycles. The van der Waals surface area contributed by atoms with Crippen molar-refractivity contribution in [2.75, 3.05) is 28.2 Å². The largest absolute Gasteiger partial charge is 0.494 e. The fraction of sp³-hybridized carbons (Fsp3) is 0.158. The number of amides is 1. The van der Waals surface area contributed by atoms with Crippen LogP contribution in [0.2, 0.25) is 0 Å². The highest BCUT2D eigenvalue weighted by Gasteiger charge is 2.40. The number of nitrogens with one attached hydrogen (secondary N) is 1. The molecule has 0 radical (unpaired) electrons. The molecule has 0 saturated carbocycles. The van der Waals surface area contributed by atoms with Crippen molar-refractivity contribution in [2.45, 2.75) is 31.5 Å². The number of rotatable bonds is 10. The van der Waals surface area contributed by atoms with Gasteiger partial charge in [-0.15, -0.1) is 0 Å². The lowest BCUT2D eigenvalue weighted by Crippen LogP contribution is -2.49. The number of aryl methyl sites for hydroxylation is 1. The van der Waals surface area contributed by atoms with Crippen molar-refractivity contribution in [3.8, 4) is 5.75 Å². The Balaban J connectivity index is 1.48. The van der Waals surface area contributed by atoms with Crippen molar-refractivity contribution < 1.29 is 27.5 Å².